The van der Waals surface area contributed by atoms with Crippen molar-refractivity contribution in [2.24, 2.45) is 0 Å². The fourth-order valence-electron chi connectivity index (χ4n) is 1.94. The minimum absolute atomic E-state index is 0.664. The van der Waals surface area contributed by atoms with Crippen LogP contribution >= 0.6 is 15.9 Å². The van der Waals surface area contributed by atoms with E-state index in [1.807, 2.05) is 50.2 Å². The van der Waals surface area contributed by atoms with Crippen LogP contribution in [0.25, 0.3) is 0 Å². The lowest BCUT2D eigenvalue weighted by molar-refractivity contribution is 0.475. The summed E-state index contributed by atoms with van der Waals surface area (Å²) in [5, 5.41) is 9.77. The van der Waals surface area contributed by atoms with Gasteiger partial charge in [-0.25, -0.2) is 0 Å². The topological polar surface area (TPSA) is 33.0 Å². The summed E-state index contributed by atoms with van der Waals surface area (Å²) in [5.74, 6) is 1.63. The van der Waals surface area contributed by atoms with Crippen LogP contribution in [0.3, 0.4) is 0 Å². The zero-order chi connectivity index (χ0) is 13.8. The first kappa shape index (κ1) is 13.6. The number of hydrogen-bond acceptors (Lipinski definition) is 2. The van der Waals surface area contributed by atoms with Crippen LogP contribution in [0.2, 0.25) is 0 Å². The van der Waals surface area contributed by atoms with Crippen LogP contribution in [0.1, 0.15) is 22.3 Å². The third-order valence-corrected chi connectivity index (χ3v) is 3.53. The highest BCUT2D eigenvalue weighted by Gasteiger charge is 2.07. The van der Waals surface area contributed by atoms with E-state index in [1.54, 1.807) is 0 Å². The Kier molecular flexibility index (Phi) is 4.24. The predicted octanol–water partition coefficient (Wildman–Crippen LogP) is 4.86. The summed E-state index contributed by atoms with van der Waals surface area (Å²) in [6.07, 6.45) is 0. The molecule has 0 bridgehead atoms. The number of nitriles is 1. The number of nitrogens with zero attached hydrogens (tertiary/aromatic N) is 1. The molecule has 0 fully saturated rings. The van der Waals surface area contributed by atoms with E-state index in [1.165, 1.54) is 5.56 Å². The third-order valence-electron chi connectivity index (χ3n) is 2.89. The van der Waals surface area contributed by atoms with Gasteiger partial charge >= 0.3 is 0 Å². The lowest BCUT2D eigenvalue weighted by Gasteiger charge is -2.12. The lowest BCUT2D eigenvalue weighted by Crippen LogP contribution is -1.93. The van der Waals surface area contributed by atoms with E-state index in [4.69, 9.17) is 10.00 Å². The van der Waals surface area contributed by atoms with Crippen molar-refractivity contribution in [1.82, 2.24) is 0 Å². The van der Waals surface area contributed by atoms with Gasteiger partial charge in [0.25, 0.3) is 0 Å². The zero-order valence-electron chi connectivity index (χ0n) is 10.9. The molecule has 0 aliphatic heterocycles. The Bertz CT molecular complexity index is 603. The van der Waals surface area contributed by atoms with Crippen molar-refractivity contribution in [3.8, 4) is 17.6 Å². The summed E-state index contributed by atoms with van der Waals surface area (Å²) < 4.78 is 5.91. The molecule has 0 spiro atoms. The molecule has 0 saturated heterocycles. The number of benzene rings is 2. The van der Waals surface area contributed by atoms with Crippen LogP contribution < -0.4 is 4.74 Å². The van der Waals surface area contributed by atoms with Crippen molar-refractivity contribution in [1.29, 1.82) is 5.26 Å². The standard InChI is InChI=1S/C16H14BrNO/c1-11-7-14(10-18)8-12(2)16(11)19-15-5-3-13(9-17)4-6-15/h3-8H,9H2,1-2H3. The van der Waals surface area contributed by atoms with Crippen LogP contribution in [0.4, 0.5) is 0 Å². The Morgan fingerprint density at radius 3 is 2.16 bits per heavy atom. The molecule has 0 aliphatic rings. The Morgan fingerprint density at radius 2 is 1.68 bits per heavy atom. The van der Waals surface area contributed by atoms with Gasteiger partial charge in [-0.05, 0) is 54.8 Å². The lowest BCUT2D eigenvalue weighted by atomic mass is 10.1. The molecule has 0 aliphatic carbocycles. The second-order valence-electron chi connectivity index (χ2n) is 4.43. The Balaban J connectivity index is 2.30. The van der Waals surface area contributed by atoms with Gasteiger partial charge in [-0.2, -0.15) is 5.26 Å². The summed E-state index contributed by atoms with van der Waals surface area (Å²) in [5.41, 5.74) is 3.82. The number of ether oxygens (including phenoxy) is 1. The third kappa shape index (κ3) is 3.15. The first-order valence-corrected chi connectivity index (χ1v) is 7.10. The highest BCUT2D eigenvalue weighted by Crippen LogP contribution is 2.30. The quantitative estimate of drug-likeness (QED) is 0.757. The maximum atomic E-state index is 8.93. The molecular weight excluding hydrogens is 302 g/mol. The summed E-state index contributed by atoms with van der Waals surface area (Å²) in [4.78, 5) is 0. The number of hydrogen-bond donors (Lipinski definition) is 0. The molecule has 0 unspecified atom stereocenters. The largest absolute Gasteiger partial charge is 0.457 e. The van der Waals surface area contributed by atoms with Crippen molar-refractivity contribution in [3.63, 3.8) is 0 Å². The molecule has 19 heavy (non-hydrogen) atoms. The Morgan fingerprint density at radius 1 is 1.11 bits per heavy atom. The summed E-state index contributed by atoms with van der Waals surface area (Å²) in [6, 6.07) is 13.8. The second kappa shape index (κ2) is 5.90. The maximum absolute atomic E-state index is 8.93. The Labute approximate surface area is 121 Å². The molecular formula is C16H14BrNO. The Hall–Kier alpha value is -1.79. The second-order valence-corrected chi connectivity index (χ2v) is 4.99. The van der Waals surface area contributed by atoms with Gasteiger partial charge in [0.2, 0.25) is 0 Å². The average Bonchev–Trinajstić information content (AvgIpc) is 2.43. The van der Waals surface area contributed by atoms with E-state index in [-0.39, 0.29) is 0 Å². The summed E-state index contributed by atoms with van der Waals surface area (Å²) >= 11 is 3.42. The molecule has 96 valence electrons. The van der Waals surface area contributed by atoms with Gasteiger partial charge in [-0.1, -0.05) is 28.1 Å². The molecule has 2 rings (SSSR count). The monoisotopic (exact) mass is 315 g/mol. The summed E-state index contributed by atoms with van der Waals surface area (Å²) in [6.45, 7) is 3.91. The molecule has 0 saturated carbocycles. The molecule has 0 aromatic heterocycles. The van der Waals surface area contributed by atoms with E-state index in [0.29, 0.717) is 5.56 Å². The minimum atomic E-state index is 0.664. The molecule has 2 aromatic rings. The molecule has 2 nitrogen and oxygen atoms in total. The van der Waals surface area contributed by atoms with Crippen molar-refractivity contribution in [2.75, 3.05) is 0 Å². The average molecular weight is 316 g/mol. The van der Waals surface area contributed by atoms with Gasteiger partial charge in [0.15, 0.2) is 0 Å². The van der Waals surface area contributed by atoms with Crippen molar-refractivity contribution >= 4 is 15.9 Å². The fourth-order valence-corrected chi connectivity index (χ4v) is 2.31. The number of rotatable bonds is 3. The van der Waals surface area contributed by atoms with E-state index in [9.17, 15) is 0 Å². The molecule has 2 aromatic carbocycles. The van der Waals surface area contributed by atoms with Gasteiger partial charge < -0.3 is 4.74 Å². The number of alkyl halides is 1. The van der Waals surface area contributed by atoms with Gasteiger partial charge in [-0.3, -0.25) is 0 Å². The molecule has 0 heterocycles. The molecule has 0 amide bonds. The van der Waals surface area contributed by atoms with Gasteiger partial charge in [-0.15, -0.1) is 0 Å². The van der Waals surface area contributed by atoms with Crippen molar-refractivity contribution in [3.05, 3.63) is 58.7 Å². The summed E-state index contributed by atoms with van der Waals surface area (Å²) in [7, 11) is 0. The van der Waals surface area contributed by atoms with Gasteiger partial charge in [0.1, 0.15) is 11.5 Å². The smallest absolute Gasteiger partial charge is 0.133 e. The molecule has 0 N–H and O–H groups in total. The van der Waals surface area contributed by atoms with Crippen molar-refractivity contribution < 1.29 is 4.74 Å². The highest BCUT2D eigenvalue weighted by atomic mass is 79.9. The highest BCUT2D eigenvalue weighted by molar-refractivity contribution is 9.08. The van der Waals surface area contributed by atoms with Crippen LogP contribution in [-0.4, -0.2) is 0 Å². The number of halogens is 1. The van der Waals surface area contributed by atoms with Crippen LogP contribution in [0.5, 0.6) is 11.5 Å². The van der Waals surface area contributed by atoms with E-state index >= 15 is 0 Å². The van der Waals surface area contributed by atoms with Gasteiger partial charge in [0.05, 0.1) is 11.6 Å². The zero-order valence-corrected chi connectivity index (χ0v) is 12.5. The van der Waals surface area contributed by atoms with Crippen LogP contribution in [0, 0.1) is 25.2 Å². The predicted molar refractivity (Wildman–Crippen MR) is 79.8 cm³/mol. The first-order valence-electron chi connectivity index (χ1n) is 5.98. The number of aryl methyl sites for hydroxylation is 2. The first-order chi connectivity index (χ1) is 9.13. The van der Waals surface area contributed by atoms with Crippen LogP contribution in [0.15, 0.2) is 36.4 Å². The van der Waals surface area contributed by atoms with Gasteiger partial charge in [0, 0.05) is 5.33 Å². The normalized spacial score (nSPS) is 10.0. The molecule has 3 heteroatoms. The molecule has 0 radical (unpaired) electrons. The van der Waals surface area contributed by atoms with E-state index in [0.717, 1.165) is 28.0 Å². The fraction of sp³-hybridized carbons (Fsp3) is 0.188. The maximum Gasteiger partial charge on any atom is 0.133 e. The van der Waals surface area contributed by atoms with E-state index in [2.05, 4.69) is 22.0 Å². The van der Waals surface area contributed by atoms with Crippen LogP contribution in [-0.2, 0) is 5.33 Å². The SMILES string of the molecule is Cc1cc(C#N)cc(C)c1Oc1ccc(CBr)cc1. The minimum Gasteiger partial charge on any atom is -0.457 e. The molecule has 0 atom stereocenters. The van der Waals surface area contributed by atoms with E-state index < -0.39 is 0 Å². The van der Waals surface area contributed by atoms with Crippen molar-refractivity contribution in [2.45, 2.75) is 19.2 Å².